The van der Waals surface area contributed by atoms with Crippen molar-refractivity contribution < 1.29 is 29.1 Å². The van der Waals surface area contributed by atoms with Crippen LogP contribution in [0.25, 0.3) is 0 Å². The van der Waals surface area contributed by atoms with Crippen molar-refractivity contribution in [1.29, 1.82) is 0 Å². The topological polar surface area (TPSA) is 214 Å². The third-order valence-corrected chi connectivity index (χ3v) is 5.79. The molecule has 1 aromatic rings. The van der Waals surface area contributed by atoms with Crippen molar-refractivity contribution in [3.8, 4) is 0 Å². The van der Waals surface area contributed by atoms with E-state index in [-0.39, 0.29) is 31.7 Å². The summed E-state index contributed by atoms with van der Waals surface area (Å²) in [5.41, 5.74) is 11.7. The van der Waals surface area contributed by atoms with Crippen LogP contribution in [0, 0.1) is 5.92 Å². The zero-order valence-corrected chi connectivity index (χ0v) is 20.0. The molecule has 0 radical (unpaired) electrons. The quantitative estimate of drug-likeness (QED) is 0.192. The fraction of sp³-hybridized carbons (Fsp3) is 0.636. The summed E-state index contributed by atoms with van der Waals surface area (Å²) in [5, 5.41) is 14.7. The molecule has 4 atom stereocenters. The molecule has 35 heavy (non-hydrogen) atoms. The predicted molar refractivity (Wildman–Crippen MR) is 124 cm³/mol. The number of primary amides is 1. The number of nitrogens with zero attached hydrogens (tertiary/aromatic N) is 2. The number of carbonyl (C=O) groups is 5. The van der Waals surface area contributed by atoms with Gasteiger partial charge in [-0.2, -0.15) is 0 Å². The molecular weight excluding hydrogens is 458 g/mol. The number of carboxylic acid groups (broad SMARTS) is 1. The second kappa shape index (κ2) is 12.8. The molecule has 1 aromatic heterocycles. The fourth-order valence-corrected chi connectivity index (χ4v) is 4.03. The maximum atomic E-state index is 13.3. The van der Waals surface area contributed by atoms with Crippen LogP contribution < -0.4 is 22.1 Å². The molecule has 0 saturated carbocycles. The molecule has 2 rings (SSSR count). The van der Waals surface area contributed by atoms with Crippen LogP contribution in [0.3, 0.4) is 0 Å². The Hall–Kier alpha value is -3.48. The van der Waals surface area contributed by atoms with E-state index < -0.39 is 53.8 Å². The van der Waals surface area contributed by atoms with Gasteiger partial charge in [0.1, 0.15) is 18.1 Å². The Morgan fingerprint density at radius 2 is 1.89 bits per heavy atom. The highest BCUT2D eigenvalue weighted by molar-refractivity contribution is 5.94. The number of rotatable bonds is 13. The second-order valence-corrected chi connectivity index (χ2v) is 9.17. The number of hydrogen-bond donors (Lipinski definition) is 6. The molecule has 13 nitrogen and oxygen atoms in total. The molecule has 0 aromatic carbocycles. The Kier molecular flexibility index (Phi) is 10.2. The maximum absolute atomic E-state index is 13.3. The third kappa shape index (κ3) is 8.35. The second-order valence-electron chi connectivity index (χ2n) is 9.17. The molecule has 0 spiro atoms. The summed E-state index contributed by atoms with van der Waals surface area (Å²) in [6.07, 6.45) is 3.90. The molecule has 4 amide bonds. The molecule has 1 aliphatic rings. The SMILES string of the molecule is CC(C)CC(N)C(=O)NC(CCC(N)=O)C(=O)NC(Cc1cnc[nH]1)C(=O)N1CCCC1C(=O)O. The van der Waals surface area contributed by atoms with E-state index in [0.717, 1.165) is 0 Å². The minimum atomic E-state index is -1.17. The highest BCUT2D eigenvalue weighted by Crippen LogP contribution is 2.19. The highest BCUT2D eigenvalue weighted by Gasteiger charge is 2.38. The van der Waals surface area contributed by atoms with Crippen molar-refractivity contribution in [2.75, 3.05) is 6.54 Å². The number of imidazole rings is 1. The van der Waals surface area contributed by atoms with Gasteiger partial charge in [0.05, 0.1) is 12.4 Å². The number of carbonyl (C=O) groups excluding carboxylic acids is 4. The molecule has 4 unspecified atom stereocenters. The lowest BCUT2D eigenvalue weighted by Crippen LogP contribution is -2.57. The standard InChI is InChI=1S/C22H35N7O6/c1-12(2)8-14(23)19(31)27-15(5-6-18(24)30)20(32)28-16(9-13-10-25-11-26-13)21(33)29-7-3-4-17(29)22(34)35/h10-12,14-17H,3-9,23H2,1-2H3,(H2,24,30)(H,25,26)(H,27,31)(H,28,32)(H,34,35). The number of amides is 4. The summed E-state index contributed by atoms with van der Waals surface area (Å²) in [5.74, 6) is -3.46. The number of nitrogens with one attached hydrogen (secondary N) is 3. The van der Waals surface area contributed by atoms with E-state index >= 15 is 0 Å². The molecule has 2 heterocycles. The van der Waals surface area contributed by atoms with Crippen LogP contribution in [-0.2, 0) is 30.4 Å². The summed E-state index contributed by atoms with van der Waals surface area (Å²) in [7, 11) is 0. The molecule has 0 bridgehead atoms. The molecule has 8 N–H and O–H groups in total. The van der Waals surface area contributed by atoms with Crippen LogP contribution in [-0.4, -0.2) is 80.3 Å². The molecule has 1 fully saturated rings. The van der Waals surface area contributed by atoms with E-state index in [9.17, 15) is 29.1 Å². The largest absolute Gasteiger partial charge is 0.480 e. The van der Waals surface area contributed by atoms with Gasteiger partial charge in [-0.3, -0.25) is 19.2 Å². The Bertz CT molecular complexity index is 904. The minimum Gasteiger partial charge on any atom is -0.480 e. The normalized spacial score (nSPS) is 18.1. The summed E-state index contributed by atoms with van der Waals surface area (Å²) in [6.45, 7) is 4.05. The van der Waals surface area contributed by atoms with Gasteiger partial charge in [-0.1, -0.05) is 13.8 Å². The molecule has 13 heteroatoms. The van der Waals surface area contributed by atoms with Crippen molar-refractivity contribution >= 4 is 29.6 Å². The third-order valence-electron chi connectivity index (χ3n) is 5.79. The number of aliphatic carboxylic acids is 1. The van der Waals surface area contributed by atoms with E-state index in [4.69, 9.17) is 11.5 Å². The number of aromatic amines is 1. The first kappa shape index (κ1) is 27.8. The summed E-state index contributed by atoms with van der Waals surface area (Å²) in [4.78, 5) is 70.0. The molecule has 1 aliphatic heterocycles. The van der Waals surface area contributed by atoms with Gasteiger partial charge in [0.2, 0.25) is 23.6 Å². The number of hydrogen-bond acceptors (Lipinski definition) is 7. The smallest absolute Gasteiger partial charge is 0.326 e. The Morgan fingerprint density at radius 3 is 2.46 bits per heavy atom. The number of nitrogens with two attached hydrogens (primary N) is 2. The molecule has 0 aliphatic carbocycles. The van der Waals surface area contributed by atoms with Gasteiger partial charge in [-0.05, 0) is 31.6 Å². The lowest BCUT2D eigenvalue weighted by atomic mass is 10.0. The van der Waals surface area contributed by atoms with Crippen molar-refractivity contribution in [3.05, 3.63) is 18.2 Å². The average Bonchev–Trinajstić information content (AvgIpc) is 3.46. The van der Waals surface area contributed by atoms with Crippen molar-refractivity contribution in [2.24, 2.45) is 17.4 Å². The first-order valence-electron chi connectivity index (χ1n) is 11.6. The maximum Gasteiger partial charge on any atom is 0.326 e. The van der Waals surface area contributed by atoms with Crippen molar-refractivity contribution in [3.63, 3.8) is 0 Å². The summed E-state index contributed by atoms with van der Waals surface area (Å²) in [6, 6.07) is -4.13. The van der Waals surface area contributed by atoms with Crippen molar-refractivity contribution in [2.45, 2.75) is 76.5 Å². The van der Waals surface area contributed by atoms with Gasteiger partial charge in [-0.15, -0.1) is 0 Å². The predicted octanol–water partition coefficient (Wildman–Crippen LogP) is -1.36. The van der Waals surface area contributed by atoms with E-state index in [1.165, 1.54) is 17.4 Å². The zero-order chi connectivity index (χ0) is 26.1. The monoisotopic (exact) mass is 493 g/mol. The Labute approximate surface area is 203 Å². The van der Waals surface area contributed by atoms with Crippen LogP contribution in [0.1, 0.15) is 51.6 Å². The van der Waals surface area contributed by atoms with Gasteiger partial charge in [0.25, 0.3) is 0 Å². The highest BCUT2D eigenvalue weighted by atomic mass is 16.4. The lowest BCUT2D eigenvalue weighted by molar-refractivity contribution is -0.149. The van der Waals surface area contributed by atoms with E-state index in [0.29, 0.717) is 25.0 Å². The van der Waals surface area contributed by atoms with Gasteiger partial charge in [0.15, 0.2) is 0 Å². The number of H-pyrrole nitrogens is 1. The number of likely N-dealkylation sites (tertiary alicyclic amines) is 1. The fourth-order valence-electron chi connectivity index (χ4n) is 4.03. The van der Waals surface area contributed by atoms with Crippen LogP contribution >= 0.6 is 0 Å². The van der Waals surface area contributed by atoms with E-state index in [1.54, 1.807) is 0 Å². The van der Waals surface area contributed by atoms with Crippen LogP contribution in [0.4, 0.5) is 0 Å². The molecule has 194 valence electrons. The van der Waals surface area contributed by atoms with Gasteiger partial charge in [-0.25, -0.2) is 9.78 Å². The van der Waals surface area contributed by atoms with E-state index in [1.807, 2.05) is 13.8 Å². The first-order chi connectivity index (χ1) is 16.5. The van der Waals surface area contributed by atoms with Crippen LogP contribution in [0.15, 0.2) is 12.5 Å². The van der Waals surface area contributed by atoms with E-state index in [2.05, 4.69) is 20.6 Å². The first-order valence-corrected chi connectivity index (χ1v) is 11.6. The van der Waals surface area contributed by atoms with Crippen LogP contribution in [0.2, 0.25) is 0 Å². The Morgan fingerprint density at radius 1 is 1.20 bits per heavy atom. The van der Waals surface area contributed by atoms with Gasteiger partial charge in [0, 0.05) is 31.3 Å². The Balaban J connectivity index is 2.21. The summed E-state index contributed by atoms with van der Waals surface area (Å²) < 4.78 is 0. The lowest BCUT2D eigenvalue weighted by Gasteiger charge is -2.29. The van der Waals surface area contributed by atoms with Gasteiger partial charge >= 0.3 is 5.97 Å². The number of carboxylic acids is 1. The average molecular weight is 494 g/mol. The van der Waals surface area contributed by atoms with Crippen molar-refractivity contribution in [1.82, 2.24) is 25.5 Å². The summed E-state index contributed by atoms with van der Waals surface area (Å²) >= 11 is 0. The number of aromatic nitrogens is 2. The van der Waals surface area contributed by atoms with Crippen LogP contribution in [0.5, 0.6) is 0 Å². The molecule has 1 saturated heterocycles. The zero-order valence-electron chi connectivity index (χ0n) is 20.0. The van der Waals surface area contributed by atoms with Gasteiger partial charge < -0.3 is 37.1 Å². The minimum absolute atomic E-state index is 0.0246. The molecular formula is C22H35N7O6.